The molecule has 0 saturated heterocycles. The third kappa shape index (κ3) is 7.43. The molecule has 0 bridgehead atoms. The summed E-state index contributed by atoms with van der Waals surface area (Å²) in [6.45, 7) is 8.53. The highest BCUT2D eigenvalue weighted by Crippen LogP contribution is 2.37. The smallest absolute Gasteiger partial charge is 0.250 e. The van der Waals surface area contributed by atoms with Crippen molar-refractivity contribution in [3.8, 4) is 11.5 Å². The van der Waals surface area contributed by atoms with Crippen LogP contribution in [0.5, 0.6) is 11.5 Å². The average molecular weight is 636 g/mol. The van der Waals surface area contributed by atoms with Crippen molar-refractivity contribution in [2.24, 2.45) is 5.92 Å². The van der Waals surface area contributed by atoms with Crippen LogP contribution in [0.2, 0.25) is 0 Å². The van der Waals surface area contributed by atoms with Gasteiger partial charge in [-0.25, -0.2) is 13.1 Å². The molecule has 1 amide bonds. The maximum absolute atomic E-state index is 13.8. The summed E-state index contributed by atoms with van der Waals surface area (Å²) in [6, 6.07) is 20.0. The normalized spacial score (nSPS) is 15.7. The molecular weight excluding hydrogens is 595 g/mol. The first-order valence-corrected chi connectivity index (χ1v) is 17.2. The maximum Gasteiger partial charge on any atom is 0.250 e. The van der Waals surface area contributed by atoms with Crippen LogP contribution in [-0.4, -0.2) is 46.5 Å². The summed E-state index contributed by atoms with van der Waals surface area (Å²) in [5.41, 5.74) is 3.49. The van der Waals surface area contributed by atoms with Crippen molar-refractivity contribution in [2.45, 2.75) is 56.5 Å². The van der Waals surface area contributed by atoms with E-state index in [4.69, 9.17) is 9.47 Å². The summed E-state index contributed by atoms with van der Waals surface area (Å²) in [4.78, 5) is 15.8. The van der Waals surface area contributed by atoms with Gasteiger partial charge in [0.2, 0.25) is 5.91 Å². The SMILES string of the molecule is COc1ccc2c(C)c(S(=O)(=O)NC(CC(=O)NC3CCOc4cc(CN(C)CC(C)C)ccc43)c3ccccc3)sc2c1. The number of carbonyl (C=O) groups is 1. The van der Waals surface area contributed by atoms with E-state index in [1.54, 1.807) is 14.0 Å². The van der Waals surface area contributed by atoms with Gasteiger partial charge in [0.1, 0.15) is 15.7 Å². The summed E-state index contributed by atoms with van der Waals surface area (Å²) in [6.07, 6.45) is 0.587. The second kappa shape index (κ2) is 13.7. The highest BCUT2D eigenvalue weighted by Gasteiger charge is 2.29. The standard InChI is InChI=1S/C34H41N3O5S2/c1-22(2)20-37(4)21-24-11-13-28-29(15-16-42-31(28)17-24)35-33(38)19-30(25-9-7-6-8-10-25)36-44(39,40)34-23(3)27-14-12-26(41-5)18-32(27)43-34/h6-14,17-18,22,29-30,36H,15-16,19-21H2,1-5H3,(H,35,38). The molecule has 0 radical (unpaired) electrons. The van der Waals surface area contributed by atoms with Crippen LogP contribution in [-0.2, 0) is 21.4 Å². The molecule has 2 heterocycles. The zero-order valence-electron chi connectivity index (χ0n) is 25.9. The molecule has 8 nitrogen and oxygen atoms in total. The van der Waals surface area contributed by atoms with Gasteiger partial charge in [-0.3, -0.25) is 4.79 Å². The number of fused-ring (bicyclic) bond motifs is 2. The molecule has 0 spiro atoms. The van der Waals surface area contributed by atoms with Crippen molar-refractivity contribution in [1.82, 2.24) is 14.9 Å². The first kappa shape index (κ1) is 32.0. The van der Waals surface area contributed by atoms with Crippen molar-refractivity contribution in [3.63, 3.8) is 0 Å². The lowest BCUT2D eigenvalue weighted by molar-refractivity contribution is -0.122. The van der Waals surface area contributed by atoms with Crippen LogP contribution in [0.25, 0.3) is 10.1 Å². The van der Waals surface area contributed by atoms with Crippen LogP contribution < -0.4 is 19.5 Å². The number of aryl methyl sites for hydroxylation is 1. The summed E-state index contributed by atoms with van der Waals surface area (Å²) >= 11 is 1.20. The number of ether oxygens (including phenoxy) is 2. The number of nitrogens with one attached hydrogen (secondary N) is 2. The number of nitrogens with zero attached hydrogens (tertiary/aromatic N) is 1. The minimum Gasteiger partial charge on any atom is -0.497 e. The highest BCUT2D eigenvalue weighted by atomic mass is 32.2. The van der Waals surface area contributed by atoms with Crippen molar-refractivity contribution in [3.05, 3.63) is 89.0 Å². The van der Waals surface area contributed by atoms with Crippen LogP contribution in [0.4, 0.5) is 0 Å². The Labute approximate surface area is 264 Å². The van der Waals surface area contributed by atoms with Crippen molar-refractivity contribution in [2.75, 3.05) is 27.3 Å². The number of hydrogen-bond acceptors (Lipinski definition) is 7. The van der Waals surface area contributed by atoms with Gasteiger partial charge in [0.25, 0.3) is 10.0 Å². The summed E-state index contributed by atoms with van der Waals surface area (Å²) in [5, 5.41) is 4.02. The Hall–Kier alpha value is -3.44. The van der Waals surface area contributed by atoms with Gasteiger partial charge in [-0.05, 0) is 66.2 Å². The molecule has 1 aromatic heterocycles. The van der Waals surface area contributed by atoms with E-state index >= 15 is 0 Å². The molecule has 10 heteroatoms. The maximum atomic E-state index is 13.8. The van der Waals surface area contributed by atoms with E-state index in [0.717, 1.165) is 40.1 Å². The Morgan fingerprint density at radius 1 is 1.11 bits per heavy atom. The fraction of sp³-hybridized carbons (Fsp3) is 0.382. The lowest BCUT2D eigenvalue weighted by Crippen LogP contribution is -2.36. The number of thiophene rings is 1. The zero-order chi connectivity index (χ0) is 31.4. The van der Waals surface area contributed by atoms with Gasteiger partial charge in [-0.2, -0.15) is 0 Å². The Kier molecular flexibility index (Phi) is 9.94. The van der Waals surface area contributed by atoms with Crippen LogP contribution in [0, 0.1) is 12.8 Å². The van der Waals surface area contributed by atoms with Crippen LogP contribution in [0.15, 0.2) is 70.9 Å². The Balaban J connectivity index is 1.33. The van der Waals surface area contributed by atoms with E-state index < -0.39 is 16.1 Å². The van der Waals surface area contributed by atoms with Crippen molar-refractivity contribution >= 4 is 37.4 Å². The molecular formula is C34H41N3O5S2. The van der Waals surface area contributed by atoms with Crippen LogP contribution in [0.1, 0.15) is 61.0 Å². The van der Waals surface area contributed by atoms with E-state index in [-0.39, 0.29) is 22.6 Å². The van der Waals surface area contributed by atoms with Crippen molar-refractivity contribution < 1.29 is 22.7 Å². The van der Waals surface area contributed by atoms with Crippen molar-refractivity contribution in [1.29, 1.82) is 0 Å². The molecule has 0 aliphatic carbocycles. The second-order valence-corrected chi connectivity index (χ2v) is 14.8. The van der Waals surface area contributed by atoms with Gasteiger partial charge in [-0.1, -0.05) is 56.3 Å². The van der Waals surface area contributed by atoms with E-state index in [2.05, 4.69) is 48.0 Å². The van der Waals surface area contributed by atoms with Gasteiger partial charge in [0.15, 0.2) is 0 Å². The predicted molar refractivity (Wildman–Crippen MR) is 176 cm³/mol. The van der Waals surface area contributed by atoms with Crippen LogP contribution >= 0.6 is 11.3 Å². The number of sulfonamides is 1. The second-order valence-electron chi connectivity index (χ2n) is 11.9. The number of hydrogen-bond donors (Lipinski definition) is 2. The average Bonchev–Trinajstić information content (AvgIpc) is 3.33. The minimum absolute atomic E-state index is 0.0498. The molecule has 2 unspecified atom stereocenters. The van der Waals surface area contributed by atoms with E-state index in [1.165, 1.54) is 11.3 Å². The van der Waals surface area contributed by atoms with E-state index in [9.17, 15) is 13.2 Å². The lowest BCUT2D eigenvalue weighted by atomic mass is 9.97. The number of methoxy groups -OCH3 is 1. The van der Waals surface area contributed by atoms with Gasteiger partial charge < -0.3 is 19.7 Å². The largest absolute Gasteiger partial charge is 0.497 e. The molecule has 1 aliphatic rings. The highest BCUT2D eigenvalue weighted by molar-refractivity contribution is 7.91. The Morgan fingerprint density at radius 3 is 2.61 bits per heavy atom. The Bertz CT molecular complexity index is 1720. The van der Waals surface area contributed by atoms with Gasteiger partial charge >= 0.3 is 0 Å². The van der Waals surface area contributed by atoms with Crippen LogP contribution in [0.3, 0.4) is 0 Å². The van der Waals surface area contributed by atoms with Gasteiger partial charge in [0, 0.05) is 36.2 Å². The molecule has 2 atom stereocenters. The number of benzene rings is 3. The quantitative estimate of drug-likeness (QED) is 0.188. The molecule has 4 aromatic rings. The summed E-state index contributed by atoms with van der Waals surface area (Å²) in [5.74, 6) is 1.79. The molecule has 5 rings (SSSR count). The monoisotopic (exact) mass is 635 g/mol. The number of rotatable bonds is 12. The first-order valence-electron chi connectivity index (χ1n) is 14.9. The van der Waals surface area contributed by atoms with Gasteiger partial charge in [0.05, 0.1) is 25.8 Å². The third-order valence-corrected chi connectivity index (χ3v) is 11.2. The molecule has 3 aromatic carbocycles. The molecule has 234 valence electrons. The summed E-state index contributed by atoms with van der Waals surface area (Å²) in [7, 11) is -0.251. The fourth-order valence-corrected chi connectivity index (χ4v) is 8.88. The lowest BCUT2D eigenvalue weighted by Gasteiger charge is -2.28. The fourth-order valence-electron chi connectivity index (χ4n) is 5.84. The third-order valence-electron chi connectivity index (χ3n) is 7.82. The predicted octanol–water partition coefficient (Wildman–Crippen LogP) is 6.36. The van der Waals surface area contributed by atoms with Gasteiger partial charge in [-0.15, -0.1) is 11.3 Å². The summed E-state index contributed by atoms with van der Waals surface area (Å²) < 4.78 is 42.8. The zero-order valence-corrected chi connectivity index (χ0v) is 27.6. The Morgan fingerprint density at radius 2 is 1.89 bits per heavy atom. The molecule has 0 fully saturated rings. The molecule has 2 N–H and O–H groups in total. The minimum atomic E-state index is -3.95. The first-order chi connectivity index (χ1) is 21.0. The number of carbonyl (C=O) groups excluding carboxylic acids is 1. The number of amides is 1. The molecule has 1 aliphatic heterocycles. The molecule has 44 heavy (non-hydrogen) atoms. The molecule has 0 saturated carbocycles. The topological polar surface area (TPSA) is 97.0 Å². The van der Waals surface area contributed by atoms with E-state index in [0.29, 0.717) is 35.8 Å². The van der Waals surface area contributed by atoms with E-state index in [1.807, 2.05) is 54.6 Å².